The number of hydrogen-bond donors (Lipinski definition) is 1. The number of ether oxygens (including phenoxy) is 3. The van der Waals surface area contributed by atoms with Gasteiger partial charge in [-0.1, -0.05) is 11.6 Å². The lowest BCUT2D eigenvalue weighted by Crippen LogP contribution is -2.58. The lowest BCUT2D eigenvalue weighted by Gasteiger charge is -2.41. The summed E-state index contributed by atoms with van der Waals surface area (Å²) in [6.45, 7) is 1.01. The van der Waals surface area contributed by atoms with Crippen LogP contribution in [0.15, 0.2) is 24.3 Å². The van der Waals surface area contributed by atoms with E-state index in [4.69, 9.17) is 31.5 Å². The molecule has 1 heterocycles. The largest absolute Gasteiger partial charge is 0.490 e. The smallest absolute Gasteiger partial charge is 0.248 e. The Kier molecular flexibility index (Phi) is 6.42. The van der Waals surface area contributed by atoms with Gasteiger partial charge in [-0.15, -0.1) is 0 Å². The molecule has 2 amide bonds. The number of morpholine rings is 1. The molecule has 1 aromatic carbocycles. The summed E-state index contributed by atoms with van der Waals surface area (Å²) in [5, 5.41) is 0.597. The minimum atomic E-state index is -0.979. The molecule has 2 rings (SSSR count). The Morgan fingerprint density at radius 2 is 2.08 bits per heavy atom. The van der Waals surface area contributed by atoms with Gasteiger partial charge in [0.05, 0.1) is 19.6 Å². The molecule has 0 spiro atoms. The number of halogens is 1. The molecule has 0 aromatic heterocycles. The molecule has 1 saturated heterocycles. The first kappa shape index (κ1) is 18.5. The molecule has 8 heteroatoms. The van der Waals surface area contributed by atoms with E-state index in [0.29, 0.717) is 23.9 Å². The lowest BCUT2D eigenvalue weighted by molar-refractivity contribution is -0.164. The second-order valence-electron chi connectivity index (χ2n) is 5.67. The Morgan fingerprint density at radius 1 is 1.38 bits per heavy atom. The number of carbonyl (C=O) groups is 2. The van der Waals surface area contributed by atoms with Crippen molar-refractivity contribution in [3.63, 3.8) is 0 Å². The van der Waals surface area contributed by atoms with Crippen LogP contribution >= 0.6 is 11.6 Å². The van der Waals surface area contributed by atoms with Gasteiger partial charge in [0, 0.05) is 18.7 Å². The maximum atomic E-state index is 12.1. The Hall–Kier alpha value is -1.83. The molecular formula is C16H21ClN2O5. The van der Waals surface area contributed by atoms with Gasteiger partial charge in [0.15, 0.2) is 0 Å². The predicted molar refractivity (Wildman–Crippen MR) is 87.9 cm³/mol. The minimum absolute atomic E-state index is 0.0231. The number of carbonyl (C=O) groups excluding carboxylic acids is 2. The van der Waals surface area contributed by atoms with Crippen molar-refractivity contribution < 1.29 is 23.8 Å². The van der Waals surface area contributed by atoms with Crippen LogP contribution in [0.5, 0.6) is 5.75 Å². The number of methoxy groups -OCH3 is 1. The van der Waals surface area contributed by atoms with E-state index < -0.39 is 11.5 Å². The van der Waals surface area contributed by atoms with Crippen LogP contribution in [0, 0.1) is 0 Å². The highest BCUT2D eigenvalue weighted by Crippen LogP contribution is 2.25. The third-order valence-corrected chi connectivity index (χ3v) is 3.93. The summed E-state index contributed by atoms with van der Waals surface area (Å²) in [5.74, 6) is -0.0935. The first-order chi connectivity index (χ1) is 11.4. The SMILES string of the molecule is COCC(=O)N1CCOC(COc2ccc(Cl)cc2)(CC(N)=O)C1. The molecule has 1 fully saturated rings. The normalized spacial score (nSPS) is 20.7. The molecule has 1 unspecified atom stereocenters. The highest BCUT2D eigenvalue weighted by molar-refractivity contribution is 6.30. The van der Waals surface area contributed by atoms with Crippen molar-refractivity contribution in [2.45, 2.75) is 12.0 Å². The van der Waals surface area contributed by atoms with Gasteiger partial charge in [0.1, 0.15) is 24.6 Å². The summed E-state index contributed by atoms with van der Waals surface area (Å²) in [5.41, 5.74) is 4.38. The van der Waals surface area contributed by atoms with Crippen LogP contribution in [0.2, 0.25) is 5.02 Å². The quantitative estimate of drug-likeness (QED) is 0.781. The van der Waals surface area contributed by atoms with Gasteiger partial charge in [-0.3, -0.25) is 9.59 Å². The average Bonchev–Trinajstić information content (AvgIpc) is 2.54. The van der Waals surface area contributed by atoms with Gasteiger partial charge in [-0.2, -0.15) is 0 Å². The van der Waals surface area contributed by atoms with Crippen LogP contribution in [0.4, 0.5) is 0 Å². The Bertz CT molecular complexity index is 580. The highest BCUT2D eigenvalue weighted by atomic mass is 35.5. The zero-order valence-electron chi connectivity index (χ0n) is 13.5. The third-order valence-electron chi connectivity index (χ3n) is 3.68. The maximum absolute atomic E-state index is 12.1. The third kappa shape index (κ3) is 5.09. The molecule has 0 aliphatic carbocycles. The summed E-state index contributed by atoms with van der Waals surface area (Å²) in [6.07, 6.45) is -0.0443. The minimum Gasteiger partial charge on any atom is -0.490 e. The molecule has 1 aromatic rings. The summed E-state index contributed by atoms with van der Waals surface area (Å²) in [7, 11) is 1.46. The molecule has 7 nitrogen and oxygen atoms in total. The summed E-state index contributed by atoms with van der Waals surface area (Å²) in [6, 6.07) is 6.84. The summed E-state index contributed by atoms with van der Waals surface area (Å²) < 4.78 is 16.4. The van der Waals surface area contributed by atoms with E-state index in [2.05, 4.69) is 0 Å². The number of nitrogens with two attached hydrogens (primary N) is 1. The Labute approximate surface area is 145 Å². The fourth-order valence-electron chi connectivity index (χ4n) is 2.58. The van der Waals surface area contributed by atoms with E-state index >= 15 is 0 Å². The summed E-state index contributed by atoms with van der Waals surface area (Å²) >= 11 is 5.84. The number of benzene rings is 1. The van der Waals surface area contributed by atoms with Crippen molar-refractivity contribution in [3.05, 3.63) is 29.3 Å². The molecule has 1 aliphatic heterocycles. The molecule has 132 valence electrons. The van der Waals surface area contributed by atoms with E-state index in [1.807, 2.05) is 0 Å². The standard InChI is InChI=1S/C16H21ClN2O5/c1-22-9-15(21)19-6-7-24-16(10-19,8-14(18)20)11-23-13-4-2-12(17)3-5-13/h2-5H,6-11H2,1H3,(H2,18,20). The average molecular weight is 357 g/mol. The number of hydrogen-bond acceptors (Lipinski definition) is 5. The first-order valence-electron chi connectivity index (χ1n) is 7.51. The number of nitrogens with zero attached hydrogens (tertiary/aromatic N) is 1. The van der Waals surface area contributed by atoms with Gasteiger partial charge in [0.2, 0.25) is 11.8 Å². The number of amides is 2. The van der Waals surface area contributed by atoms with Gasteiger partial charge >= 0.3 is 0 Å². The molecule has 0 bridgehead atoms. The maximum Gasteiger partial charge on any atom is 0.248 e. The van der Waals surface area contributed by atoms with E-state index in [-0.39, 0.29) is 32.1 Å². The van der Waals surface area contributed by atoms with Crippen LogP contribution in [-0.4, -0.2) is 62.3 Å². The number of primary amides is 1. The second-order valence-corrected chi connectivity index (χ2v) is 6.10. The molecule has 0 radical (unpaired) electrons. The molecule has 0 saturated carbocycles. The molecule has 1 aliphatic rings. The van der Waals surface area contributed by atoms with Crippen LogP contribution in [0.25, 0.3) is 0 Å². The van der Waals surface area contributed by atoms with Gasteiger partial charge < -0.3 is 24.8 Å². The van der Waals surface area contributed by atoms with Crippen molar-refractivity contribution in [2.75, 3.05) is 40.0 Å². The van der Waals surface area contributed by atoms with Crippen LogP contribution in [0.3, 0.4) is 0 Å². The van der Waals surface area contributed by atoms with Crippen molar-refractivity contribution in [1.29, 1.82) is 0 Å². The fourth-order valence-corrected chi connectivity index (χ4v) is 2.71. The first-order valence-corrected chi connectivity index (χ1v) is 7.89. The van der Waals surface area contributed by atoms with E-state index in [0.717, 1.165) is 0 Å². The summed E-state index contributed by atoms with van der Waals surface area (Å²) in [4.78, 5) is 25.1. The Morgan fingerprint density at radius 3 is 2.71 bits per heavy atom. The van der Waals surface area contributed by atoms with Gasteiger partial charge in [-0.05, 0) is 24.3 Å². The topological polar surface area (TPSA) is 91.1 Å². The van der Waals surface area contributed by atoms with Crippen LogP contribution < -0.4 is 10.5 Å². The fraction of sp³-hybridized carbons (Fsp3) is 0.500. The van der Waals surface area contributed by atoms with E-state index in [9.17, 15) is 9.59 Å². The molecule has 1 atom stereocenters. The highest BCUT2D eigenvalue weighted by Gasteiger charge is 2.40. The van der Waals surface area contributed by atoms with E-state index in [1.54, 1.807) is 29.2 Å². The lowest BCUT2D eigenvalue weighted by atomic mass is 9.97. The van der Waals surface area contributed by atoms with Crippen molar-refractivity contribution in [3.8, 4) is 5.75 Å². The van der Waals surface area contributed by atoms with Crippen LogP contribution in [-0.2, 0) is 19.1 Å². The van der Waals surface area contributed by atoms with Crippen molar-refractivity contribution in [2.24, 2.45) is 5.73 Å². The van der Waals surface area contributed by atoms with E-state index in [1.165, 1.54) is 7.11 Å². The zero-order chi connectivity index (χ0) is 17.6. The molecule has 2 N–H and O–H groups in total. The van der Waals surface area contributed by atoms with Crippen molar-refractivity contribution in [1.82, 2.24) is 4.90 Å². The van der Waals surface area contributed by atoms with Gasteiger partial charge in [-0.25, -0.2) is 0 Å². The second kappa shape index (κ2) is 8.32. The predicted octanol–water partition coefficient (Wildman–Crippen LogP) is 0.838. The van der Waals surface area contributed by atoms with Crippen molar-refractivity contribution >= 4 is 23.4 Å². The molecule has 24 heavy (non-hydrogen) atoms. The number of rotatable bonds is 7. The monoisotopic (exact) mass is 356 g/mol. The Balaban J connectivity index is 2.08. The van der Waals surface area contributed by atoms with Crippen LogP contribution in [0.1, 0.15) is 6.42 Å². The molecular weight excluding hydrogens is 336 g/mol. The van der Waals surface area contributed by atoms with Gasteiger partial charge in [0.25, 0.3) is 0 Å². The zero-order valence-corrected chi connectivity index (χ0v) is 14.3.